The molecule has 0 aromatic heterocycles. The average molecular weight is 395 g/mol. The zero-order chi connectivity index (χ0) is 19.8. The quantitative estimate of drug-likeness (QED) is 0.657. The Morgan fingerprint density at radius 3 is 3.03 bits per heavy atom. The van der Waals surface area contributed by atoms with Gasteiger partial charge in [0.15, 0.2) is 0 Å². The summed E-state index contributed by atoms with van der Waals surface area (Å²) in [7, 11) is 0. The summed E-state index contributed by atoms with van der Waals surface area (Å²) in [5.41, 5.74) is 5.11. The van der Waals surface area contributed by atoms with Crippen LogP contribution in [0.2, 0.25) is 0 Å². The van der Waals surface area contributed by atoms with Crippen LogP contribution < -0.4 is 20.7 Å². The van der Waals surface area contributed by atoms with E-state index in [1.165, 1.54) is 6.07 Å². The number of carbonyl (C=O) groups is 1. The van der Waals surface area contributed by atoms with Crippen molar-refractivity contribution in [1.29, 1.82) is 0 Å². The Kier molecular flexibility index (Phi) is 4.87. The van der Waals surface area contributed by atoms with Crippen LogP contribution in [0.4, 0.5) is 10.1 Å². The van der Waals surface area contributed by atoms with Crippen LogP contribution in [0, 0.1) is 5.82 Å². The van der Waals surface area contributed by atoms with E-state index in [1.54, 1.807) is 6.07 Å². The molecular formula is C23H26FN3O2. The second-order valence-corrected chi connectivity index (χ2v) is 8.23. The summed E-state index contributed by atoms with van der Waals surface area (Å²) in [6, 6.07) is 9.23. The molecule has 0 aliphatic carbocycles. The third-order valence-corrected chi connectivity index (χ3v) is 6.32. The van der Waals surface area contributed by atoms with Gasteiger partial charge in [0.2, 0.25) is 0 Å². The highest BCUT2D eigenvalue weighted by Gasteiger charge is 2.29. The van der Waals surface area contributed by atoms with E-state index in [9.17, 15) is 9.18 Å². The maximum Gasteiger partial charge on any atom is 0.252 e. The molecule has 0 fully saturated rings. The Morgan fingerprint density at radius 1 is 1.17 bits per heavy atom. The van der Waals surface area contributed by atoms with Gasteiger partial charge in [-0.15, -0.1) is 0 Å². The van der Waals surface area contributed by atoms with Crippen molar-refractivity contribution in [3.63, 3.8) is 0 Å². The summed E-state index contributed by atoms with van der Waals surface area (Å²) < 4.78 is 19.4. The second-order valence-electron chi connectivity index (χ2n) is 8.23. The molecule has 3 N–H and O–H groups in total. The molecule has 5 rings (SSSR count). The first-order valence-corrected chi connectivity index (χ1v) is 10.5. The van der Waals surface area contributed by atoms with Crippen LogP contribution in [-0.2, 0) is 13.0 Å². The molecule has 3 aliphatic rings. The molecule has 2 unspecified atom stereocenters. The lowest BCUT2D eigenvalue weighted by atomic mass is 9.94. The highest BCUT2D eigenvalue weighted by molar-refractivity contribution is 6.00. The van der Waals surface area contributed by atoms with Gasteiger partial charge in [0.25, 0.3) is 5.91 Å². The van der Waals surface area contributed by atoms with Crippen molar-refractivity contribution >= 4 is 11.6 Å². The van der Waals surface area contributed by atoms with E-state index >= 15 is 0 Å². The predicted octanol–water partition coefficient (Wildman–Crippen LogP) is 3.34. The number of anilines is 1. The molecule has 0 saturated heterocycles. The number of nitrogens with one attached hydrogen (secondary N) is 3. The summed E-state index contributed by atoms with van der Waals surface area (Å²) in [6.45, 7) is 3.06. The number of hydrogen-bond acceptors (Lipinski definition) is 4. The van der Waals surface area contributed by atoms with Crippen molar-refractivity contribution < 1.29 is 13.9 Å². The van der Waals surface area contributed by atoms with Crippen LogP contribution in [0.3, 0.4) is 0 Å². The van der Waals surface area contributed by atoms with Crippen molar-refractivity contribution in [1.82, 2.24) is 10.6 Å². The zero-order valence-corrected chi connectivity index (χ0v) is 16.4. The number of ether oxygens (including phenoxy) is 1. The molecule has 2 aromatic rings. The third kappa shape index (κ3) is 3.57. The lowest BCUT2D eigenvalue weighted by Crippen LogP contribution is -2.40. The van der Waals surface area contributed by atoms with Crippen molar-refractivity contribution in [2.75, 3.05) is 25.0 Å². The Bertz CT molecular complexity index is 946. The minimum Gasteiger partial charge on any atom is -0.492 e. The number of benzene rings is 2. The minimum absolute atomic E-state index is 0.0167. The summed E-state index contributed by atoms with van der Waals surface area (Å²) in [5, 5.41) is 9.87. The molecule has 5 nitrogen and oxygen atoms in total. The van der Waals surface area contributed by atoms with Gasteiger partial charge in [0, 0.05) is 36.3 Å². The van der Waals surface area contributed by atoms with E-state index in [1.807, 2.05) is 18.2 Å². The number of hydrogen-bond donors (Lipinski definition) is 3. The molecule has 6 heteroatoms. The van der Waals surface area contributed by atoms with Crippen LogP contribution in [0.15, 0.2) is 30.3 Å². The molecule has 0 bridgehead atoms. The topological polar surface area (TPSA) is 62.4 Å². The van der Waals surface area contributed by atoms with Crippen molar-refractivity contribution in [3.05, 3.63) is 58.4 Å². The normalized spacial score (nSPS) is 21.6. The highest BCUT2D eigenvalue weighted by atomic mass is 19.1. The first kappa shape index (κ1) is 18.4. The molecule has 0 saturated carbocycles. The standard InChI is InChI=1S/C23H26FN3O2/c24-16-5-6-20-18(9-16)14(11-26-20)3-1-2-8-25-17-10-19-21(29-13-17)7-4-15-12-27-23(28)22(15)19/h4-7,9,14,17,25-26H,1-3,8,10-13H2,(H,27,28). The summed E-state index contributed by atoms with van der Waals surface area (Å²) in [6.07, 6.45) is 4.04. The second kappa shape index (κ2) is 7.67. The van der Waals surface area contributed by atoms with Crippen molar-refractivity contribution in [2.45, 2.75) is 44.2 Å². The Morgan fingerprint density at radius 2 is 2.10 bits per heavy atom. The van der Waals surface area contributed by atoms with Crippen molar-refractivity contribution in [2.24, 2.45) is 0 Å². The number of rotatable bonds is 6. The van der Waals surface area contributed by atoms with E-state index in [-0.39, 0.29) is 17.8 Å². The first-order valence-electron chi connectivity index (χ1n) is 10.5. The SMILES string of the molecule is O=C1NCc2ccc3c(c21)CC(NCCCCC1CNc2ccc(F)cc21)CO3. The Balaban J connectivity index is 1.11. The van der Waals surface area contributed by atoms with Gasteiger partial charge in [0.1, 0.15) is 18.2 Å². The van der Waals surface area contributed by atoms with Gasteiger partial charge >= 0.3 is 0 Å². The van der Waals surface area contributed by atoms with Gasteiger partial charge in [-0.1, -0.05) is 12.5 Å². The van der Waals surface area contributed by atoms with E-state index in [0.717, 1.165) is 72.5 Å². The summed E-state index contributed by atoms with van der Waals surface area (Å²) in [5.74, 6) is 1.10. The molecule has 2 aromatic carbocycles. The minimum atomic E-state index is -0.156. The van der Waals surface area contributed by atoms with Gasteiger partial charge in [-0.2, -0.15) is 0 Å². The monoisotopic (exact) mass is 395 g/mol. The Hall–Kier alpha value is -2.60. The number of halogens is 1. The predicted molar refractivity (Wildman–Crippen MR) is 110 cm³/mol. The molecule has 0 spiro atoms. The van der Waals surface area contributed by atoms with E-state index in [0.29, 0.717) is 19.1 Å². The lowest BCUT2D eigenvalue weighted by molar-refractivity contribution is 0.0963. The molecule has 29 heavy (non-hydrogen) atoms. The van der Waals surface area contributed by atoms with Gasteiger partial charge in [0.05, 0.1) is 5.56 Å². The van der Waals surface area contributed by atoms with Gasteiger partial charge in [-0.3, -0.25) is 4.79 Å². The zero-order valence-electron chi connectivity index (χ0n) is 16.4. The molecule has 3 aliphatic heterocycles. The van der Waals surface area contributed by atoms with E-state index in [2.05, 4.69) is 16.0 Å². The van der Waals surface area contributed by atoms with Crippen LogP contribution >= 0.6 is 0 Å². The number of unbranched alkanes of at least 4 members (excludes halogenated alkanes) is 1. The first-order chi connectivity index (χ1) is 14.2. The summed E-state index contributed by atoms with van der Waals surface area (Å²) >= 11 is 0. The van der Waals surface area contributed by atoms with Gasteiger partial charge < -0.3 is 20.7 Å². The average Bonchev–Trinajstić information content (AvgIpc) is 3.31. The molecule has 1 amide bonds. The lowest BCUT2D eigenvalue weighted by Gasteiger charge is -2.27. The molecular weight excluding hydrogens is 369 g/mol. The molecule has 2 atom stereocenters. The largest absolute Gasteiger partial charge is 0.492 e. The third-order valence-electron chi connectivity index (χ3n) is 6.32. The summed E-state index contributed by atoms with van der Waals surface area (Å²) in [4.78, 5) is 12.2. The fraction of sp³-hybridized carbons (Fsp3) is 0.435. The fourth-order valence-corrected chi connectivity index (χ4v) is 4.79. The smallest absolute Gasteiger partial charge is 0.252 e. The van der Waals surface area contributed by atoms with Gasteiger partial charge in [-0.25, -0.2) is 4.39 Å². The number of carbonyl (C=O) groups excluding carboxylic acids is 1. The molecule has 3 heterocycles. The van der Waals surface area contributed by atoms with Gasteiger partial charge in [-0.05, 0) is 61.2 Å². The van der Waals surface area contributed by atoms with Crippen LogP contribution in [0.1, 0.15) is 52.2 Å². The maximum absolute atomic E-state index is 13.5. The highest BCUT2D eigenvalue weighted by Crippen LogP contribution is 2.35. The molecule has 0 radical (unpaired) electrons. The van der Waals surface area contributed by atoms with Crippen LogP contribution in [0.5, 0.6) is 5.75 Å². The van der Waals surface area contributed by atoms with Crippen LogP contribution in [0.25, 0.3) is 0 Å². The number of fused-ring (bicyclic) bond motifs is 4. The van der Waals surface area contributed by atoms with Crippen molar-refractivity contribution in [3.8, 4) is 5.75 Å². The Labute approximate surface area is 170 Å². The van der Waals surface area contributed by atoms with E-state index in [4.69, 9.17) is 4.74 Å². The maximum atomic E-state index is 13.5. The van der Waals surface area contributed by atoms with E-state index < -0.39 is 0 Å². The van der Waals surface area contributed by atoms with Crippen LogP contribution in [-0.4, -0.2) is 31.6 Å². The number of amides is 1. The fourth-order valence-electron chi connectivity index (χ4n) is 4.79. The molecule has 152 valence electrons.